The van der Waals surface area contributed by atoms with Gasteiger partial charge in [0, 0.05) is 11.1 Å². The first-order chi connectivity index (χ1) is 14.0. The number of hydrogen-bond donors (Lipinski definition) is 0. The first-order valence-electron chi connectivity index (χ1n) is 9.31. The topological polar surface area (TPSA) is 63.7 Å². The average Bonchev–Trinajstić information content (AvgIpc) is 2.85. The highest BCUT2D eigenvalue weighted by Gasteiger charge is 2.38. The second kappa shape index (κ2) is 7.72. The molecule has 0 saturated carbocycles. The second-order valence-corrected chi connectivity index (χ2v) is 6.92. The van der Waals surface area contributed by atoms with E-state index in [4.69, 9.17) is 4.74 Å². The molecule has 0 radical (unpaired) electrons. The molecule has 144 valence electrons. The third kappa shape index (κ3) is 3.67. The van der Waals surface area contributed by atoms with Crippen molar-refractivity contribution in [2.75, 3.05) is 6.54 Å². The normalized spacial score (nSPS) is 16.0. The number of nitrogens with zero attached hydrogens (tertiary/aromatic N) is 1. The summed E-state index contributed by atoms with van der Waals surface area (Å²) in [5.74, 6) is -1.08. The second-order valence-electron chi connectivity index (χ2n) is 6.92. The molecule has 0 spiro atoms. The van der Waals surface area contributed by atoms with Gasteiger partial charge in [0.1, 0.15) is 5.75 Å². The molecule has 29 heavy (non-hydrogen) atoms. The number of benzene rings is 3. The molecule has 0 aromatic heterocycles. The van der Waals surface area contributed by atoms with E-state index >= 15 is 0 Å². The number of amides is 2. The van der Waals surface area contributed by atoms with E-state index in [2.05, 4.69) is 0 Å². The number of carbonyl (C=O) groups excluding carboxylic acids is 3. The Morgan fingerprint density at radius 3 is 2.28 bits per heavy atom. The smallest absolute Gasteiger partial charge is 0.275 e. The highest BCUT2D eigenvalue weighted by Crippen LogP contribution is 2.32. The number of ether oxygens (including phenoxy) is 1. The van der Waals surface area contributed by atoms with Gasteiger partial charge in [0.25, 0.3) is 11.8 Å². The Labute approximate surface area is 168 Å². The van der Waals surface area contributed by atoms with E-state index in [1.807, 2.05) is 25.1 Å². The minimum atomic E-state index is -1.00. The van der Waals surface area contributed by atoms with Gasteiger partial charge in [-0.05, 0) is 19.1 Å². The molecule has 3 aromatic rings. The van der Waals surface area contributed by atoms with Crippen LogP contribution in [-0.2, 0) is 4.79 Å². The van der Waals surface area contributed by atoms with Crippen molar-refractivity contribution in [3.63, 3.8) is 0 Å². The van der Waals surface area contributed by atoms with Crippen LogP contribution in [-0.4, -0.2) is 29.0 Å². The van der Waals surface area contributed by atoms with E-state index in [0.29, 0.717) is 16.9 Å². The van der Waals surface area contributed by atoms with E-state index in [1.165, 1.54) is 0 Å². The number of para-hydroxylation sites is 1. The van der Waals surface area contributed by atoms with Gasteiger partial charge >= 0.3 is 0 Å². The third-order valence-corrected chi connectivity index (χ3v) is 4.88. The van der Waals surface area contributed by atoms with Gasteiger partial charge in [-0.1, -0.05) is 72.3 Å². The Morgan fingerprint density at radius 1 is 0.897 bits per heavy atom. The molecule has 1 aliphatic heterocycles. The van der Waals surface area contributed by atoms with Gasteiger partial charge in [-0.15, -0.1) is 0 Å². The van der Waals surface area contributed by atoms with E-state index in [-0.39, 0.29) is 17.9 Å². The van der Waals surface area contributed by atoms with Crippen molar-refractivity contribution in [3.8, 4) is 5.75 Å². The lowest BCUT2D eigenvalue weighted by Gasteiger charge is -2.22. The molecule has 1 unspecified atom stereocenters. The predicted octanol–water partition coefficient (Wildman–Crippen LogP) is 3.98. The molecule has 1 atom stereocenters. The van der Waals surface area contributed by atoms with Crippen molar-refractivity contribution in [2.45, 2.75) is 13.0 Å². The third-order valence-electron chi connectivity index (χ3n) is 4.88. The number of fused-ring (bicyclic) bond motifs is 1. The summed E-state index contributed by atoms with van der Waals surface area (Å²) in [6, 6.07) is 22.7. The fraction of sp³-hybridized carbons (Fsp3) is 0.125. The van der Waals surface area contributed by atoms with Crippen LogP contribution in [0.25, 0.3) is 0 Å². The number of Topliss-reactive ketones (excluding diaryl/α,β-unsaturated/α-hetero) is 1. The van der Waals surface area contributed by atoms with E-state index in [1.54, 1.807) is 60.7 Å². The standard InChI is InChI=1S/C24H19NO4/c1-16-11-13-17(14-12-16)20(26)15-25-23(27)19-9-5-6-10-21(19)29-22(24(25)28)18-7-3-2-4-8-18/h2-14,22H,15H2,1H3. The molecule has 0 saturated heterocycles. The van der Waals surface area contributed by atoms with Gasteiger partial charge in [0.05, 0.1) is 12.1 Å². The fourth-order valence-corrected chi connectivity index (χ4v) is 3.27. The molecule has 0 bridgehead atoms. The molecule has 5 heteroatoms. The largest absolute Gasteiger partial charge is 0.475 e. The van der Waals surface area contributed by atoms with E-state index < -0.39 is 17.9 Å². The zero-order valence-electron chi connectivity index (χ0n) is 15.9. The van der Waals surface area contributed by atoms with Crippen LogP contribution in [0.4, 0.5) is 0 Å². The lowest BCUT2D eigenvalue weighted by Crippen LogP contribution is -2.42. The van der Waals surface area contributed by atoms with Crippen molar-refractivity contribution in [1.29, 1.82) is 0 Å². The van der Waals surface area contributed by atoms with Crippen molar-refractivity contribution >= 4 is 17.6 Å². The zero-order chi connectivity index (χ0) is 20.4. The van der Waals surface area contributed by atoms with E-state index in [9.17, 15) is 14.4 Å². The maximum absolute atomic E-state index is 13.3. The van der Waals surface area contributed by atoms with Gasteiger partial charge in [-0.25, -0.2) is 0 Å². The highest BCUT2D eigenvalue weighted by molar-refractivity contribution is 6.12. The first kappa shape index (κ1) is 18.6. The SMILES string of the molecule is Cc1ccc(C(=O)CN2C(=O)c3ccccc3OC(c3ccccc3)C2=O)cc1. The monoisotopic (exact) mass is 385 g/mol. The van der Waals surface area contributed by atoms with Crippen molar-refractivity contribution < 1.29 is 19.1 Å². The Balaban J connectivity index is 1.72. The Morgan fingerprint density at radius 2 is 1.55 bits per heavy atom. The number of rotatable bonds is 4. The molecule has 3 aromatic carbocycles. The van der Waals surface area contributed by atoms with Gasteiger partial charge < -0.3 is 4.74 Å². The average molecular weight is 385 g/mol. The highest BCUT2D eigenvalue weighted by atomic mass is 16.5. The number of carbonyl (C=O) groups is 3. The fourth-order valence-electron chi connectivity index (χ4n) is 3.27. The summed E-state index contributed by atoms with van der Waals surface area (Å²) in [5.41, 5.74) is 2.35. The summed E-state index contributed by atoms with van der Waals surface area (Å²) in [6.07, 6.45) is -1.00. The summed E-state index contributed by atoms with van der Waals surface area (Å²) >= 11 is 0. The van der Waals surface area contributed by atoms with E-state index in [0.717, 1.165) is 10.5 Å². The minimum absolute atomic E-state index is 0.260. The summed E-state index contributed by atoms with van der Waals surface area (Å²) in [4.78, 5) is 40.2. The lowest BCUT2D eigenvalue weighted by molar-refractivity contribution is -0.135. The molecule has 2 amide bonds. The van der Waals surface area contributed by atoms with Crippen LogP contribution in [0.2, 0.25) is 0 Å². The zero-order valence-corrected chi connectivity index (χ0v) is 15.9. The minimum Gasteiger partial charge on any atom is -0.475 e. The maximum atomic E-state index is 13.3. The Kier molecular flexibility index (Phi) is 4.96. The van der Waals surface area contributed by atoms with Crippen LogP contribution in [0.1, 0.15) is 37.9 Å². The van der Waals surface area contributed by atoms with Gasteiger partial charge in [0.15, 0.2) is 5.78 Å². The number of imide groups is 1. The molecule has 4 rings (SSSR count). The van der Waals surface area contributed by atoms with Crippen LogP contribution in [0.5, 0.6) is 5.75 Å². The lowest BCUT2D eigenvalue weighted by atomic mass is 10.1. The summed E-state index contributed by atoms with van der Waals surface area (Å²) in [5, 5.41) is 0. The van der Waals surface area contributed by atoms with Crippen LogP contribution in [0.3, 0.4) is 0 Å². The van der Waals surface area contributed by atoms with Gasteiger partial charge in [0.2, 0.25) is 6.10 Å². The molecular formula is C24H19NO4. The van der Waals surface area contributed by atoms with Crippen LogP contribution in [0, 0.1) is 6.92 Å². The maximum Gasteiger partial charge on any atom is 0.275 e. The summed E-state index contributed by atoms with van der Waals surface area (Å²) in [6.45, 7) is 1.58. The summed E-state index contributed by atoms with van der Waals surface area (Å²) < 4.78 is 5.94. The molecule has 0 N–H and O–H groups in total. The van der Waals surface area contributed by atoms with Crippen molar-refractivity contribution in [3.05, 3.63) is 101 Å². The van der Waals surface area contributed by atoms with Gasteiger partial charge in [-0.3, -0.25) is 19.3 Å². The number of hydrogen-bond acceptors (Lipinski definition) is 4. The molecule has 1 aliphatic rings. The molecule has 1 heterocycles. The van der Waals surface area contributed by atoms with Crippen LogP contribution < -0.4 is 4.74 Å². The first-order valence-corrected chi connectivity index (χ1v) is 9.31. The summed E-state index contributed by atoms with van der Waals surface area (Å²) in [7, 11) is 0. The molecule has 0 fully saturated rings. The Bertz CT molecular complexity index is 1070. The molecule has 0 aliphatic carbocycles. The predicted molar refractivity (Wildman–Crippen MR) is 108 cm³/mol. The van der Waals surface area contributed by atoms with Crippen LogP contribution >= 0.6 is 0 Å². The molecular weight excluding hydrogens is 366 g/mol. The number of aryl methyl sites for hydroxylation is 1. The van der Waals surface area contributed by atoms with Crippen molar-refractivity contribution in [1.82, 2.24) is 4.90 Å². The number of ketones is 1. The quantitative estimate of drug-likeness (QED) is 0.503. The Hall–Kier alpha value is -3.73. The van der Waals surface area contributed by atoms with Gasteiger partial charge in [-0.2, -0.15) is 0 Å². The van der Waals surface area contributed by atoms with Crippen LogP contribution in [0.15, 0.2) is 78.9 Å². The molecule has 5 nitrogen and oxygen atoms in total. The van der Waals surface area contributed by atoms with Crippen molar-refractivity contribution in [2.24, 2.45) is 0 Å².